The van der Waals surface area contributed by atoms with Crippen molar-refractivity contribution in [2.45, 2.75) is 45.7 Å². The fourth-order valence-corrected chi connectivity index (χ4v) is 4.15. The van der Waals surface area contributed by atoms with Gasteiger partial charge in [-0.1, -0.05) is 12.1 Å². The molecular weight excluding hydrogens is 406 g/mol. The SMILES string of the molecule is Cc1cc(-c2nnc(C3CC3)o2)c(C)n1CC(=O)NCc1ccc(N2CCOCC2)cc1. The fourth-order valence-electron chi connectivity index (χ4n) is 4.15. The van der Waals surface area contributed by atoms with Crippen molar-refractivity contribution in [3.8, 4) is 11.5 Å². The number of aromatic nitrogens is 3. The number of hydrogen-bond donors (Lipinski definition) is 1. The third-order valence-corrected chi connectivity index (χ3v) is 6.28. The van der Waals surface area contributed by atoms with Crippen LogP contribution >= 0.6 is 0 Å². The Morgan fingerprint density at radius 2 is 1.88 bits per heavy atom. The summed E-state index contributed by atoms with van der Waals surface area (Å²) in [4.78, 5) is 15.0. The molecule has 32 heavy (non-hydrogen) atoms. The zero-order valence-electron chi connectivity index (χ0n) is 18.6. The molecule has 8 heteroatoms. The number of hydrogen-bond acceptors (Lipinski definition) is 6. The lowest BCUT2D eigenvalue weighted by molar-refractivity contribution is -0.121. The minimum atomic E-state index is -0.0280. The van der Waals surface area contributed by atoms with Crippen LogP contribution in [0.4, 0.5) is 5.69 Å². The lowest BCUT2D eigenvalue weighted by Crippen LogP contribution is -2.36. The number of carbonyl (C=O) groups is 1. The van der Waals surface area contributed by atoms with Gasteiger partial charge in [-0.25, -0.2) is 0 Å². The van der Waals surface area contributed by atoms with Crippen LogP contribution in [0.5, 0.6) is 0 Å². The van der Waals surface area contributed by atoms with Gasteiger partial charge in [0.15, 0.2) is 0 Å². The van der Waals surface area contributed by atoms with Gasteiger partial charge in [0.1, 0.15) is 6.54 Å². The Bertz CT molecular complexity index is 1090. The molecule has 0 atom stereocenters. The van der Waals surface area contributed by atoms with Crippen LogP contribution < -0.4 is 10.2 Å². The van der Waals surface area contributed by atoms with Gasteiger partial charge < -0.3 is 23.9 Å². The highest BCUT2D eigenvalue weighted by molar-refractivity contribution is 5.76. The second-order valence-electron chi connectivity index (χ2n) is 8.63. The van der Waals surface area contributed by atoms with Gasteiger partial charge in [-0.3, -0.25) is 4.79 Å². The topological polar surface area (TPSA) is 85.4 Å². The van der Waals surface area contributed by atoms with E-state index < -0.39 is 0 Å². The van der Waals surface area contributed by atoms with E-state index in [1.807, 2.05) is 24.5 Å². The summed E-state index contributed by atoms with van der Waals surface area (Å²) in [5.74, 6) is 1.66. The molecule has 0 spiro atoms. The summed E-state index contributed by atoms with van der Waals surface area (Å²) >= 11 is 0. The van der Waals surface area contributed by atoms with Crippen LogP contribution in [0.1, 0.15) is 41.6 Å². The number of rotatable bonds is 7. The predicted molar refractivity (Wildman–Crippen MR) is 120 cm³/mol. The lowest BCUT2D eigenvalue weighted by atomic mass is 10.2. The summed E-state index contributed by atoms with van der Waals surface area (Å²) in [7, 11) is 0. The molecule has 1 saturated carbocycles. The first-order chi connectivity index (χ1) is 15.6. The first-order valence-electron chi connectivity index (χ1n) is 11.3. The molecule has 2 fully saturated rings. The van der Waals surface area contributed by atoms with Gasteiger partial charge in [-0.2, -0.15) is 0 Å². The summed E-state index contributed by atoms with van der Waals surface area (Å²) in [5, 5.41) is 11.4. The minimum Gasteiger partial charge on any atom is -0.420 e. The summed E-state index contributed by atoms with van der Waals surface area (Å²) in [6, 6.07) is 10.4. The van der Waals surface area contributed by atoms with Crippen LogP contribution in [0, 0.1) is 13.8 Å². The third kappa shape index (κ3) is 4.41. The molecule has 5 rings (SSSR count). The van der Waals surface area contributed by atoms with Crippen LogP contribution in [-0.2, 0) is 22.6 Å². The molecule has 1 aromatic carbocycles. The van der Waals surface area contributed by atoms with E-state index in [1.54, 1.807) is 0 Å². The minimum absolute atomic E-state index is 0.0280. The van der Waals surface area contributed by atoms with Crippen LogP contribution in [0.3, 0.4) is 0 Å². The maximum absolute atomic E-state index is 12.6. The van der Waals surface area contributed by atoms with Crippen molar-refractivity contribution >= 4 is 11.6 Å². The van der Waals surface area contributed by atoms with Gasteiger partial charge in [-0.05, 0) is 50.5 Å². The Kier molecular flexibility index (Phi) is 5.70. The smallest absolute Gasteiger partial charge is 0.249 e. The Morgan fingerprint density at radius 1 is 1.12 bits per heavy atom. The van der Waals surface area contributed by atoms with Crippen molar-refractivity contribution in [3.63, 3.8) is 0 Å². The normalized spacial score (nSPS) is 16.4. The van der Waals surface area contributed by atoms with Crippen molar-refractivity contribution in [3.05, 3.63) is 53.2 Å². The van der Waals surface area contributed by atoms with E-state index in [2.05, 4.69) is 44.7 Å². The number of anilines is 1. The predicted octanol–water partition coefficient (Wildman–Crippen LogP) is 3.19. The van der Waals surface area contributed by atoms with Gasteiger partial charge in [0, 0.05) is 42.6 Å². The van der Waals surface area contributed by atoms with E-state index in [1.165, 1.54) is 5.69 Å². The van der Waals surface area contributed by atoms with Crippen LogP contribution in [-0.4, -0.2) is 47.0 Å². The van der Waals surface area contributed by atoms with E-state index in [9.17, 15) is 4.79 Å². The number of morpholine rings is 1. The number of carbonyl (C=O) groups excluding carboxylic acids is 1. The summed E-state index contributed by atoms with van der Waals surface area (Å²) in [6.07, 6.45) is 2.24. The lowest BCUT2D eigenvalue weighted by Gasteiger charge is -2.28. The number of amides is 1. The Hall–Kier alpha value is -3.13. The van der Waals surface area contributed by atoms with Crippen molar-refractivity contribution in [1.82, 2.24) is 20.1 Å². The van der Waals surface area contributed by atoms with Crippen molar-refractivity contribution in [2.75, 3.05) is 31.2 Å². The average molecular weight is 436 g/mol. The van der Waals surface area contributed by atoms with Gasteiger partial charge in [0.2, 0.25) is 17.7 Å². The van der Waals surface area contributed by atoms with E-state index in [0.29, 0.717) is 18.4 Å². The summed E-state index contributed by atoms with van der Waals surface area (Å²) < 4.78 is 13.3. The molecule has 168 valence electrons. The standard InChI is InChI=1S/C24H29N5O3/c1-16-13-21(24-27-26-23(32-24)19-5-6-19)17(2)29(16)15-22(30)25-14-18-3-7-20(8-4-18)28-9-11-31-12-10-28/h3-4,7-8,13,19H,5-6,9-12,14-15H2,1-2H3,(H,25,30). The van der Waals surface area contributed by atoms with Gasteiger partial charge in [-0.15, -0.1) is 10.2 Å². The molecule has 8 nitrogen and oxygen atoms in total. The van der Waals surface area contributed by atoms with E-state index >= 15 is 0 Å². The van der Waals surface area contributed by atoms with Crippen LogP contribution in [0.15, 0.2) is 34.7 Å². The van der Waals surface area contributed by atoms with E-state index in [0.717, 1.165) is 67.6 Å². The molecule has 1 saturated heterocycles. The largest absolute Gasteiger partial charge is 0.420 e. The average Bonchev–Trinajstić information content (AvgIpc) is 3.49. The first-order valence-corrected chi connectivity index (χ1v) is 11.3. The van der Waals surface area contributed by atoms with Gasteiger partial charge in [0.05, 0.1) is 18.8 Å². The molecule has 3 heterocycles. The maximum atomic E-state index is 12.6. The highest BCUT2D eigenvalue weighted by Gasteiger charge is 2.30. The zero-order valence-corrected chi connectivity index (χ0v) is 18.6. The monoisotopic (exact) mass is 435 g/mol. The van der Waals surface area contributed by atoms with Crippen molar-refractivity contribution in [1.29, 1.82) is 0 Å². The van der Waals surface area contributed by atoms with Crippen molar-refractivity contribution in [2.24, 2.45) is 0 Å². The molecule has 1 amide bonds. The number of nitrogens with zero attached hydrogens (tertiary/aromatic N) is 4. The van der Waals surface area contributed by atoms with Gasteiger partial charge in [0.25, 0.3) is 0 Å². The molecule has 1 aliphatic carbocycles. The maximum Gasteiger partial charge on any atom is 0.249 e. The third-order valence-electron chi connectivity index (χ3n) is 6.28. The Balaban J connectivity index is 1.19. The molecule has 1 aliphatic heterocycles. The van der Waals surface area contributed by atoms with Crippen LogP contribution in [0.2, 0.25) is 0 Å². The number of ether oxygens (including phenoxy) is 1. The molecule has 0 radical (unpaired) electrons. The fraction of sp³-hybridized carbons (Fsp3) is 0.458. The molecule has 2 aromatic heterocycles. The molecule has 0 bridgehead atoms. The number of nitrogens with one attached hydrogen (secondary N) is 1. The first kappa shape index (κ1) is 20.8. The molecule has 1 N–H and O–H groups in total. The van der Waals surface area contributed by atoms with E-state index in [-0.39, 0.29) is 12.5 Å². The Labute approximate surface area is 187 Å². The zero-order chi connectivity index (χ0) is 22.1. The molecule has 3 aromatic rings. The molecule has 2 aliphatic rings. The second-order valence-corrected chi connectivity index (χ2v) is 8.63. The quantitative estimate of drug-likeness (QED) is 0.614. The summed E-state index contributed by atoms with van der Waals surface area (Å²) in [6.45, 7) is 8.11. The highest BCUT2D eigenvalue weighted by Crippen LogP contribution is 2.40. The second kappa shape index (κ2) is 8.78. The molecular formula is C24H29N5O3. The van der Waals surface area contributed by atoms with Crippen molar-refractivity contribution < 1.29 is 13.9 Å². The number of benzene rings is 1. The highest BCUT2D eigenvalue weighted by atomic mass is 16.5. The summed E-state index contributed by atoms with van der Waals surface area (Å²) in [5.41, 5.74) is 5.12. The molecule has 0 unspecified atom stereocenters. The Morgan fingerprint density at radius 3 is 2.59 bits per heavy atom. The number of aryl methyl sites for hydroxylation is 1. The van der Waals surface area contributed by atoms with Gasteiger partial charge >= 0.3 is 0 Å². The van der Waals surface area contributed by atoms with Crippen LogP contribution in [0.25, 0.3) is 11.5 Å². The van der Waals surface area contributed by atoms with E-state index in [4.69, 9.17) is 9.15 Å².